The van der Waals surface area contributed by atoms with Gasteiger partial charge in [-0.2, -0.15) is 0 Å². The first-order chi connectivity index (χ1) is 15.5. The second-order valence-electron chi connectivity index (χ2n) is 8.51. The highest BCUT2D eigenvalue weighted by molar-refractivity contribution is 14.0. The van der Waals surface area contributed by atoms with Crippen LogP contribution in [-0.2, 0) is 4.79 Å². The van der Waals surface area contributed by atoms with Crippen LogP contribution in [0.3, 0.4) is 0 Å². The van der Waals surface area contributed by atoms with Crippen molar-refractivity contribution in [2.75, 3.05) is 59.5 Å². The number of para-hydroxylation sites is 2. The van der Waals surface area contributed by atoms with Gasteiger partial charge < -0.3 is 24.6 Å². The minimum atomic E-state index is -0.0839. The maximum atomic E-state index is 12.7. The van der Waals surface area contributed by atoms with Crippen molar-refractivity contribution in [1.29, 1.82) is 0 Å². The number of methoxy groups -OCH3 is 1. The molecule has 33 heavy (non-hydrogen) atoms. The number of likely N-dealkylation sites (tertiary alicyclic amines) is 1. The maximum Gasteiger partial charge on any atom is 0.239 e. The molecule has 2 aliphatic rings. The molecule has 1 aromatic carbocycles. The zero-order valence-electron chi connectivity index (χ0n) is 20.5. The van der Waals surface area contributed by atoms with E-state index in [-0.39, 0.29) is 42.0 Å². The summed E-state index contributed by atoms with van der Waals surface area (Å²) in [5.41, 5.74) is 0. The van der Waals surface area contributed by atoms with E-state index in [4.69, 9.17) is 14.5 Å². The van der Waals surface area contributed by atoms with Crippen molar-refractivity contribution >= 4 is 35.8 Å². The average Bonchev–Trinajstić information content (AvgIpc) is 3.36. The lowest BCUT2D eigenvalue weighted by atomic mass is 10.2. The largest absolute Gasteiger partial charge is 0.493 e. The van der Waals surface area contributed by atoms with E-state index in [1.165, 1.54) is 0 Å². The summed E-state index contributed by atoms with van der Waals surface area (Å²) in [6.45, 7) is 12.8. The predicted octanol–water partition coefficient (Wildman–Crippen LogP) is 2.67. The standard InChI is InChI=1S/C24H39N5O3.HI/c1-5-25-24(26-18-19(2)32-22-11-7-6-10-21(22)31-4)29-16-14-27(15-17-29)20(3)23(30)28-12-8-9-13-28;/h6-7,10-11,19-20H,5,8-9,12-18H2,1-4H3,(H,25,26);1H. The molecule has 2 fully saturated rings. The molecule has 0 spiro atoms. The molecule has 2 aliphatic heterocycles. The third-order valence-electron chi connectivity index (χ3n) is 6.17. The van der Waals surface area contributed by atoms with Crippen molar-refractivity contribution < 1.29 is 14.3 Å². The van der Waals surface area contributed by atoms with Crippen LogP contribution in [0.1, 0.15) is 33.6 Å². The van der Waals surface area contributed by atoms with Crippen molar-refractivity contribution in [2.45, 2.75) is 45.8 Å². The number of rotatable bonds is 8. The van der Waals surface area contributed by atoms with Crippen LogP contribution in [0.4, 0.5) is 0 Å². The molecular weight excluding hydrogens is 533 g/mol. The highest BCUT2D eigenvalue weighted by atomic mass is 127. The first-order valence-electron chi connectivity index (χ1n) is 11.9. The van der Waals surface area contributed by atoms with Crippen molar-refractivity contribution in [3.8, 4) is 11.5 Å². The Morgan fingerprint density at radius 1 is 1.03 bits per heavy atom. The van der Waals surface area contributed by atoms with Crippen LogP contribution < -0.4 is 14.8 Å². The Hall–Kier alpha value is -1.75. The third kappa shape index (κ3) is 7.63. The lowest BCUT2D eigenvalue weighted by molar-refractivity contribution is -0.135. The van der Waals surface area contributed by atoms with Gasteiger partial charge in [0.05, 0.1) is 19.7 Å². The highest BCUT2D eigenvalue weighted by Gasteiger charge is 2.30. The zero-order valence-corrected chi connectivity index (χ0v) is 22.8. The molecule has 0 saturated carbocycles. The van der Waals surface area contributed by atoms with Crippen LogP contribution in [0.15, 0.2) is 29.3 Å². The van der Waals surface area contributed by atoms with E-state index in [1.54, 1.807) is 7.11 Å². The lowest BCUT2D eigenvalue weighted by Crippen LogP contribution is -2.57. The first kappa shape index (κ1) is 27.5. The van der Waals surface area contributed by atoms with Crippen LogP contribution in [0.25, 0.3) is 0 Å². The third-order valence-corrected chi connectivity index (χ3v) is 6.17. The van der Waals surface area contributed by atoms with Crippen molar-refractivity contribution in [2.24, 2.45) is 4.99 Å². The summed E-state index contributed by atoms with van der Waals surface area (Å²) < 4.78 is 11.4. The minimum absolute atomic E-state index is 0. The molecule has 8 nitrogen and oxygen atoms in total. The lowest BCUT2D eigenvalue weighted by Gasteiger charge is -2.39. The van der Waals surface area contributed by atoms with E-state index in [0.717, 1.165) is 76.1 Å². The summed E-state index contributed by atoms with van der Waals surface area (Å²) in [5, 5.41) is 3.41. The molecule has 2 unspecified atom stereocenters. The van der Waals surface area contributed by atoms with Gasteiger partial charge in [-0.05, 0) is 45.7 Å². The van der Waals surface area contributed by atoms with Crippen LogP contribution in [-0.4, -0.2) is 98.2 Å². The summed E-state index contributed by atoms with van der Waals surface area (Å²) in [7, 11) is 1.65. The molecular formula is C24H40IN5O3. The number of aliphatic imine (C=N–C) groups is 1. The molecule has 9 heteroatoms. The van der Waals surface area contributed by atoms with E-state index < -0.39 is 0 Å². The van der Waals surface area contributed by atoms with Gasteiger partial charge in [0.1, 0.15) is 6.10 Å². The Morgan fingerprint density at radius 3 is 2.27 bits per heavy atom. The van der Waals surface area contributed by atoms with E-state index >= 15 is 0 Å². The Morgan fingerprint density at radius 2 is 1.67 bits per heavy atom. The molecule has 1 aromatic rings. The molecule has 0 bridgehead atoms. The molecule has 1 amide bonds. The Labute approximate surface area is 215 Å². The van der Waals surface area contributed by atoms with Gasteiger partial charge in [0.25, 0.3) is 0 Å². The monoisotopic (exact) mass is 573 g/mol. The fourth-order valence-electron chi connectivity index (χ4n) is 4.29. The van der Waals surface area contributed by atoms with E-state index in [2.05, 4.69) is 22.0 Å². The number of carbonyl (C=O) groups is 1. The normalized spacial score (nSPS) is 19.0. The van der Waals surface area contributed by atoms with Gasteiger partial charge in [0.2, 0.25) is 5.91 Å². The van der Waals surface area contributed by atoms with Gasteiger partial charge in [0, 0.05) is 45.8 Å². The van der Waals surface area contributed by atoms with Gasteiger partial charge in [-0.1, -0.05) is 12.1 Å². The number of nitrogens with zero attached hydrogens (tertiary/aromatic N) is 4. The zero-order chi connectivity index (χ0) is 22.9. The summed E-state index contributed by atoms with van der Waals surface area (Å²) in [5.74, 6) is 2.64. The molecule has 0 aliphatic carbocycles. The molecule has 2 heterocycles. The summed E-state index contributed by atoms with van der Waals surface area (Å²) in [6, 6.07) is 7.62. The maximum absolute atomic E-state index is 12.7. The van der Waals surface area contributed by atoms with Crippen LogP contribution in [0.5, 0.6) is 11.5 Å². The Balaban J connectivity index is 0.00000385. The molecule has 2 atom stereocenters. The highest BCUT2D eigenvalue weighted by Crippen LogP contribution is 2.26. The number of benzene rings is 1. The fourth-order valence-corrected chi connectivity index (χ4v) is 4.29. The van der Waals surface area contributed by atoms with Gasteiger partial charge in [-0.3, -0.25) is 9.69 Å². The van der Waals surface area contributed by atoms with E-state index in [9.17, 15) is 4.79 Å². The number of amides is 1. The molecule has 2 saturated heterocycles. The van der Waals surface area contributed by atoms with Crippen LogP contribution >= 0.6 is 24.0 Å². The number of hydrogen-bond acceptors (Lipinski definition) is 5. The number of halogens is 1. The van der Waals surface area contributed by atoms with Crippen molar-refractivity contribution in [3.05, 3.63) is 24.3 Å². The van der Waals surface area contributed by atoms with Gasteiger partial charge in [-0.25, -0.2) is 4.99 Å². The first-order valence-corrected chi connectivity index (χ1v) is 11.9. The number of carbonyl (C=O) groups excluding carboxylic acids is 1. The number of piperazine rings is 1. The molecule has 3 rings (SSSR count). The van der Waals surface area contributed by atoms with Gasteiger partial charge in [-0.15, -0.1) is 24.0 Å². The van der Waals surface area contributed by atoms with Crippen LogP contribution in [0.2, 0.25) is 0 Å². The molecule has 186 valence electrons. The molecule has 1 N–H and O–H groups in total. The number of ether oxygens (including phenoxy) is 2. The van der Waals surface area contributed by atoms with Gasteiger partial charge in [0.15, 0.2) is 17.5 Å². The fraction of sp³-hybridized carbons (Fsp3) is 0.667. The second-order valence-corrected chi connectivity index (χ2v) is 8.51. The average molecular weight is 574 g/mol. The van der Waals surface area contributed by atoms with E-state index in [0.29, 0.717) is 6.54 Å². The number of guanidine groups is 1. The second kappa shape index (κ2) is 13.8. The van der Waals surface area contributed by atoms with Crippen LogP contribution in [0, 0.1) is 0 Å². The van der Waals surface area contributed by atoms with Crippen molar-refractivity contribution in [1.82, 2.24) is 20.0 Å². The number of nitrogens with one attached hydrogen (secondary N) is 1. The summed E-state index contributed by atoms with van der Waals surface area (Å²) in [6.07, 6.45) is 2.18. The SMILES string of the molecule is CCNC(=NCC(C)Oc1ccccc1OC)N1CCN(C(C)C(=O)N2CCCC2)CC1.I. The van der Waals surface area contributed by atoms with Crippen molar-refractivity contribution in [3.63, 3.8) is 0 Å². The number of hydrogen-bond donors (Lipinski definition) is 1. The van der Waals surface area contributed by atoms with Gasteiger partial charge >= 0.3 is 0 Å². The topological polar surface area (TPSA) is 69.6 Å². The molecule has 0 aromatic heterocycles. The minimum Gasteiger partial charge on any atom is -0.493 e. The molecule has 0 radical (unpaired) electrons. The summed E-state index contributed by atoms with van der Waals surface area (Å²) in [4.78, 5) is 24.2. The Bertz CT molecular complexity index is 764. The summed E-state index contributed by atoms with van der Waals surface area (Å²) >= 11 is 0. The predicted molar refractivity (Wildman–Crippen MR) is 143 cm³/mol. The smallest absolute Gasteiger partial charge is 0.239 e. The Kier molecular flexibility index (Phi) is 11.5. The quantitative estimate of drug-likeness (QED) is 0.293. The van der Waals surface area contributed by atoms with E-state index in [1.807, 2.05) is 43.0 Å².